The van der Waals surface area contributed by atoms with Gasteiger partial charge >= 0.3 is 0 Å². The topological polar surface area (TPSA) is 84.1 Å². The summed E-state index contributed by atoms with van der Waals surface area (Å²) in [5.41, 5.74) is 0.494. The maximum Gasteiger partial charge on any atom is 0.260 e. The van der Waals surface area contributed by atoms with Crippen LogP contribution in [0.4, 0.5) is 0 Å². The van der Waals surface area contributed by atoms with Crippen LogP contribution >= 0.6 is 0 Å². The van der Waals surface area contributed by atoms with E-state index in [1.165, 1.54) is 25.1 Å². The molecule has 2 aromatic rings. The molecule has 3 rings (SSSR count). The van der Waals surface area contributed by atoms with Crippen LogP contribution in [0.2, 0.25) is 0 Å². The first-order valence-electron chi connectivity index (χ1n) is 7.80. The minimum atomic E-state index is -0.414. The molecule has 0 unspecified atom stereocenters. The molecule has 0 radical (unpaired) electrons. The van der Waals surface area contributed by atoms with Crippen LogP contribution in [0.1, 0.15) is 41.6 Å². The van der Waals surface area contributed by atoms with E-state index in [0.29, 0.717) is 5.88 Å². The van der Waals surface area contributed by atoms with Crippen molar-refractivity contribution in [3.05, 3.63) is 58.1 Å². The lowest BCUT2D eigenvalue weighted by atomic mass is 10.2. The van der Waals surface area contributed by atoms with E-state index in [9.17, 15) is 9.59 Å². The third-order valence-corrected chi connectivity index (χ3v) is 3.93. The number of carbonyl (C=O) groups excluding carboxylic acids is 1. The SMILES string of the molecule is O=C(NCc1cccnc1OC1CCCC1)c1ccc[nH]c1=O. The predicted octanol–water partition coefficient (Wildman–Crippen LogP) is 2.02. The summed E-state index contributed by atoms with van der Waals surface area (Å²) >= 11 is 0. The molecule has 0 spiro atoms. The lowest BCUT2D eigenvalue weighted by molar-refractivity contribution is 0.0948. The molecule has 0 bridgehead atoms. The predicted molar refractivity (Wildman–Crippen MR) is 85.4 cm³/mol. The molecule has 1 saturated carbocycles. The van der Waals surface area contributed by atoms with Crippen LogP contribution < -0.4 is 15.6 Å². The third kappa shape index (κ3) is 3.77. The summed E-state index contributed by atoms with van der Waals surface area (Å²) in [5.74, 6) is 0.143. The second-order valence-corrected chi connectivity index (χ2v) is 5.59. The van der Waals surface area contributed by atoms with Crippen LogP contribution in [-0.4, -0.2) is 22.0 Å². The summed E-state index contributed by atoms with van der Waals surface area (Å²) in [4.78, 5) is 30.5. The maximum absolute atomic E-state index is 12.1. The number of pyridine rings is 2. The van der Waals surface area contributed by atoms with E-state index in [2.05, 4.69) is 15.3 Å². The van der Waals surface area contributed by atoms with Gasteiger partial charge in [-0.25, -0.2) is 4.98 Å². The van der Waals surface area contributed by atoms with Gasteiger partial charge in [0.2, 0.25) is 5.88 Å². The average molecular weight is 313 g/mol. The molecule has 2 N–H and O–H groups in total. The summed E-state index contributed by atoms with van der Waals surface area (Å²) in [5, 5.41) is 2.74. The van der Waals surface area contributed by atoms with Crippen LogP contribution in [0.3, 0.4) is 0 Å². The molecule has 1 fully saturated rings. The van der Waals surface area contributed by atoms with Gasteiger partial charge in [0.15, 0.2) is 0 Å². The molecule has 0 aromatic carbocycles. The largest absolute Gasteiger partial charge is 0.474 e. The van der Waals surface area contributed by atoms with Gasteiger partial charge in [-0.1, -0.05) is 6.07 Å². The third-order valence-electron chi connectivity index (χ3n) is 3.93. The Morgan fingerprint density at radius 1 is 1.30 bits per heavy atom. The van der Waals surface area contributed by atoms with Crippen LogP contribution in [0.15, 0.2) is 41.5 Å². The monoisotopic (exact) mass is 313 g/mol. The van der Waals surface area contributed by atoms with Gasteiger partial charge in [-0.3, -0.25) is 9.59 Å². The number of ether oxygens (including phenoxy) is 1. The van der Waals surface area contributed by atoms with E-state index >= 15 is 0 Å². The Hall–Kier alpha value is -2.63. The lowest BCUT2D eigenvalue weighted by Gasteiger charge is -2.15. The highest BCUT2D eigenvalue weighted by Crippen LogP contribution is 2.24. The molecular weight excluding hydrogens is 294 g/mol. The van der Waals surface area contributed by atoms with E-state index in [-0.39, 0.29) is 18.2 Å². The zero-order valence-electron chi connectivity index (χ0n) is 12.7. The fourth-order valence-electron chi connectivity index (χ4n) is 2.70. The van der Waals surface area contributed by atoms with E-state index in [1.54, 1.807) is 18.3 Å². The van der Waals surface area contributed by atoms with Gasteiger partial charge in [0.05, 0.1) is 0 Å². The first-order valence-corrected chi connectivity index (χ1v) is 7.80. The Kier molecular flexibility index (Phi) is 4.71. The Balaban J connectivity index is 1.67. The van der Waals surface area contributed by atoms with E-state index in [1.807, 2.05) is 6.07 Å². The van der Waals surface area contributed by atoms with Gasteiger partial charge in [-0.05, 0) is 43.9 Å². The highest BCUT2D eigenvalue weighted by atomic mass is 16.5. The summed E-state index contributed by atoms with van der Waals surface area (Å²) in [6.45, 7) is 0.267. The molecule has 1 amide bonds. The first kappa shape index (κ1) is 15.3. The highest BCUT2D eigenvalue weighted by molar-refractivity contribution is 5.93. The van der Waals surface area contributed by atoms with E-state index < -0.39 is 11.5 Å². The molecule has 0 saturated heterocycles. The van der Waals surface area contributed by atoms with Crippen molar-refractivity contribution in [3.8, 4) is 5.88 Å². The molecule has 6 nitrogen and oxygen atoms in total. The molecule has 1 aliphatic carbocycles. The van der Waals surface area contributed by atoms with Crippen molar-refractivity contribution in [2.45, 2.75) is 38.3 Å². The van der Waals surface area contributed by atoms with Crippen molar-refractivity contribution in [3.63, 3.8) is 0 Å². The number of nitrogens with one attached hydrogen (secondary N) is 2. The number of hydrogen-bond acceptors (Lipinski definition) is 4. The molecule has 2 heterocycles. The van der Waals surface area contributed by atoms with Crippen molar-refractivity contribution in [1.82, 2.24) is 15.3 Å². The zero-order chi connectivity index (χ0) is 16.1. The number of carbonyl (C=O) groups is 1. The van der Waals surface area contributed by atoms with E-state index in [4.69, 9.17) is 4.74 Å². The summed E-state index contributed by atoms with van der Waals surface area (Å²) in [7, 11) is 0. The summed E-state index contributed by atoms with van der Waals surface area (Å²) in [6, 6.07) is 6.79. The van der Waals surface area contributed by atoms with Crippen molar-refractivity contribution < 1.29 is 9.53 Å². The minimum Gasteiger partial charge on any atom is -0.474 e. The van der Waals surface area contributed by atoms with Gasteiger partial charge in [0, 0.05) is 24.5 Å². The normalized spacial score (nSPS) is 14.6. The van der Waals surface area contributed by atoms with Crippen LogP contribution in [0.25, 0.3) is 0 Å². The zero-order valence-corrected chi connectivity index (χ0v) is 12.7. The smallest absolute Gasteiger partial charge is 0.260 e. The van der Waals surface area contributed by atoms with Gasteiger partial charge < -0.3 is 15.0 Å². The molecule has 2 aromatic heterocycles. The van der Waals surface area contributed by atoms with Crippen molar-refractivity contribution in [2.75, 3.05) is 0 Å². The van der Waals surface area contributed by atoms with Crippen LogP contribution in [0.5, 0.6) is 5.88 Å². The van der Waals surface area contributed by atoms with Crippen molar-refractivity contribution in [2.24, 2.45) is 0 Å². The maximum atomic E-state index is 12.1. The summed E-state index contributed by atoms with van der Waals surface area (Å²) < 4.78 is 5.94. The van der Waals surface area contributed by atoms with Gasteiger partial charge in [0.25, 0.3) is 11.5 Å². The standard InChI is InChI=1S/C17H19N3O3/c21-15-14(8-4-9-18-15)16(22)20-11-12-5-3-10-19-17(12)23-13-6-1-2-7-13/h3-5,8-10,13H,1-2,6-7,11H2,(H,18,21)(H,20,22). The minimum absolute atomic E-state index is 0.0923. The number of H-pyrrole nitrogens is 1. The molecule has 23 heavy (non-hydrogen) atoms. The number of amides is 1. The number of nitrogens with zero attached hydrogens (tertiary/aromatic N) is 1. The molecule has 0 atom stereocenters. The average Bonchev–Trinajstić information content (AvgIpc) is 3.07. The quantitative estimate of drug-likeness (QED) is 0.884. The molecule has 0 aliphatic heterocycles. The lowest BCUT2D eigenvalue weighted by Crippen LogP contribution is -2.29. The first-order chi connectivity index (χ1) is 11.2. The van der Waals surface area contributed by atoms with Crippen LogP contribution in [0, 0.1) is 0 Å². The second-order valence-electron chi connectivity index (χ2n) is 5.59. The number of aromatic amines is 1. The fourth-order valence-corrected chi connectivity index (χ4v) is 2.70. The summed E-state index contributed by atoms with van der Waals surface area (Å²) in [6.07, 6.45) is 7.83. The molecule has 120 valence electrons. The number of rotatable bonds is 5. The fraction of sp³-hybridized carbons (Fsp3) is 0.353. The number of hydrogen-bond donors (Lipinski definition) is 2. The van der Waals surface area contributed by atoms with Gasteiger partial charge in [-0.2, -0.15) is 0 Å². The Morgan fingerprint density at radius 3 is 2.91 bits per heavy atom. The van der Waals surface area contributed by atoms with Crippen molar-refractivity contribution in [1.29, 1.82) is 0 Å². The van der Waals surface area contributed by atoms with Gasteiger partial charge in [0.1, 0.15) is 11.7 Å². The Bertz CT molecular complexity index is 736. The highest BCUT2D eigenvalue weighted by Gasteiger charge is 2.19. The van der Waals surface area contributed by atoms with E-state index in [0.717, 1.165) is 18.4 Å². The van der Waals surface area contributed by atoms with Gasteiger partial charge in [-0.15, -0.1) is 0 Å². The molecule has 1 aliphatic rings. The second kappa shape index (κ2) is 7.09. The Labute approximate surface area is 133 Å². The molecule has 6 heteroatoms. The molecular formula is C17H19N3O3. The Morgan fingerprint density at radius 2 is 2.13 bits per heavy atom. The van der Waals surface area contributed by atoms with Crippen LogP contribution in [-0.2, 0) is 6.54 Å². The number of aromatic nitrogens is 2. The van der Waals surface area contributed by atoms with Crippen molar-refractivity contribution >= 4 is 5.91 Å².